The van der Waals surface area contributed by atoms with Crippen LogP contribution in [0.5, 0.6) is 0 Å². The highest BCUT2D eigenvalue weighted by molar-refractivity contribution is 6.30. The zero-order valence-electron chi connectivity index (χ0n) is 9.31. The Labute approximate surface area is 103 Å². The maximum Gasteiger partial charge on any atom is 0.417 e. The Morgan fingerprint density at radius 3 is 2.65 bits per heavy atom. The Bertz CT molecular complexity index is 399. The largest absolute Gasteiger partial charge is 0.417 e. The van der Waals surface area contributed by atoms with E-state index in [0.29, 0.717) is 6.42 Å². The molecule has 0 aromatic heterocycles. The van der Waals surface area contributed by atoms with Gasteiger partial charge in [-0.15, -0.1) is 0 Å². The Balaban J connectivity index is 2.95. The van der Waals surface area contributed by atoms with Gasteiger partial charge in [0.05, 0.1) is 5.56 Å². The van der Waals surface area contributed by atoms with Crippen LogP contribution in [-0.2, 0) is 6.18 Å². The van der Waals surface area contributed by atoms with Gasteiger partial charge >= 0.3 is 6.18 Å². The molecule has 0 bridgehead atoms. The molecule has 1 aromatic carbocycles. The summed E-state index contributed by atoms with van der Waals surface area (Å²) in [4.78, 5) is 0. The van der Waals surface area contributed by atoms with Gasteiger partial charge < -0.3 is 5.32 Å². The van der Waals surface area contributed by atoms with E-state index in [9.17, 15) is 13.2 Å². The van der Waals surface area contributed by atoms with Crippen molar-refractivity contribution in [3.8, 4) is 0 Å². The molecule has 17 heavy (non-hydrogen) atoms. The second-order valence-corrected chi connectivity index (χ2v) is 3.96. The van der Waals surface area contributed by atoms with Crippen molar-refractivity contribution in [2.24, 2.45) is 0 Å². The van der Waals surface area contributed by atoms with Gasteiger partial charge in [-0.05, 0) is 37.7 Å². The molecular formula is C12H13ClF3N. The van der Waals surface area contributed by atoms with Crippen molar-refractivity contribution in [2.75, 3.05) is 13.6 Å². The molecule has 0 spiro atoms. The molecule has 5 heteroatoms. The lowest BCUT2D eigenvalue weighted by atomic mass is 10.1. The summed E-state index contributed by atoms with van der Waals surface area (Å²) in [7, 11) is 1.79. The molecule has 1 rings (SSSR count). The van der Waals surface area contributed by atoms with E-state index >= 15 is 0 Å². The number of halogens is 4. The van der Waals surface area contributed by atoms with Gasteiger partial charge in [0.25, 0.3) is 0 Å². The Kier molecular flexibility index (Phi) is 5.02. The lowest BCUT2D eigenvalue weighted by Crippen LogP contribution is -2.07. The van der Waals surface area contributed by atoms with Gasteiger partial charge in [-0.1, -0.05) is 29.8 Å². The average Bonchev–Trinajstić information content (AvgIpc) is 2.25. The van der Waals surface area contributed by atoms with E-state index in [0.717, 1.165) is 12.6 Å². The number of rotatable bonds is 4. The molecule has 94 valence electrons. The minimum absolute atomic E-state index is 0.0877. The van der Waals surface area contributed by atoms with Crippen LogP contribution in [0, 0.1) is 0 Å². The molecule has 0 saturated carbocycles. The molecule has 1 nitrogen and oxygen atoms in total. The van der Waals surface area contributed by atoms with E-state index in [1.165, 1.54) is 18.2 Å². The summed E-state index contributed by atoms with van der Waals surface area (Å²) in [5, 5.41) is 3.00. The highest BCUT2D eigenvalue weighted by atomic mass is 35.5. The van der Waals surface area contributed by atoms with Gasteiger partial charge in [0.1, 0.15) is 0 Å². The zero-order chi connectivity index (χ0) is 12.9. The van der Waals surface area contributed by atoms with Crippen molar-refractivity contribution < 1.29 is 13.2 Å². The average molecular weight is 264 g/mol. The summed E-state index contributed by atoms with van der Waals surface area (Å²) in [6.07, 6.45) is -0.532. The first kappa shape index (κ1) is 14.1. The minimum atomic E-state index is -4.38. The van der Waals surface area contributed by atoms with Crippen molar-refractivity contribution in [2.45, 2.75) is 12.6 Å². The van der Waals surface area contributed by atoms with Crippen LogP contribution in [0.1, 0.15) is 17.5 Å². The van der Waals surface area contributed by atoms with Crippen LogP contribution < -0.4 is 5.32 Å². The van der Waals surface area contributed by atoms with Crippen LogP contribution >= 0.6 is 11.6 Å². The Morgan fingerprint density at radius 1 is 1.35 bits per heavy atom. The van der Waals surface area contributed by atoms with Crippen molar-refractivity contribution >= 4 is 17.7 Å². The number of alkyl halides is 3. The monoisotopic (exact) mass is 263 g/mol. The number of nitrogens with one attached hydrogen (secondary N) is 1. The second-order valence-electron chi connectivity index (χ2n) is 3.52. The van der Waals surface area contributed by atoms with E-state index < -0.39 is 11.7 Å². The van der Waals surface area contributed by atoms with E-state index in [2.05, 4.69) is 5.32 Å². The molecule has 0 aliphatic rings. The van der Waals surface area contributed by atoms with Crippen molar-refractivity contribution in [3.05, 3.63) is 40.4 Å². The molecule has 0 aliphatic carbocycles. The van der Waals surface area contributed by atoms with Crippen LogP contribution in [0.25, 0.3) is 6.08 Å². The fourth-order valence-corrected chi connectivity index (χ4v) is 1.53. The Hall–Kier alpha value is -1.00. The third-order valence-electron chi connectivity index (χ3n) is 2.18. The SMILES string of the molecule is CNCCC=Cc1ccc(Cl)cc1C(F)(F)F. The van der Waals surface area contributed by atoms with Crippen LogP contribution in [0.3, 0.4) is 0 Å². The zero-order valence-corrected chi connectivity index (χ0v) is 10.1. The summed E-state index contributed by atoms with van der Waals surface area (Å²) >= 11 is 5.57. The van der Waals surface area contributed by atoms with Crippen molar-refractivity contribution in [3.63, 3.8) is 0 Å². The molecule has 0 fully saturated rings. The minimum Gasteiger partial charge on any atom is -0.319 e. The highest BCUT2D eigenvalue weighted by Crippen LogP contribution is 2.34. The standard InChI is InChI=1S/C12H13ClF3N/c1-17-7-3-2-4-9-5-6-10(13)8-11(9)12(14,15)16/h2,4-6,8,17H,3,7H2,1H3. The highest BCUT2D eigenvalue weighted by Gasteiger charge is 2.32. The van der Waals surface area contributed by atoms with Crippen molar-refractivity contribution in [1.29, 1.82) is 0 Å². The van der Waals surface area contributed by atoms with Gasteiger partial charge in [-0.25, -0.2) is 0 Å². The predicted octanol–water partition coefficient (Wildman–Crippen LogP) is 3.98. The molecule has 0 heterocycles. The molecule has 0 radical (unpaired) electrons. The van der Waals surface area contributed by atoms with Gasteiger partial charge in [0, 0.05) is 5.02 Å². The fourth-order valence-electron chi connectivity index (χ4n) is 1.36. The first-order valence-corrected chi connectivity index (χ1v) is 5.51. The fraction of sp³-hybridized carbons (Fsp3) is 0.333. The second kappa shape index (κ2) is 6.07. The summed E-state index contributed by atoms with van der Waals surface area (Å²) in [6.45, 7) is 0.728. The van der Waals surface area contributed by atoms with Gasteiger partial charge in [-0.3, -0.25) is 0 Å². The summed E-state index contributed by atoms with van der Waals surface area (Å²) in [5.41, 5.74) is -0.566. The summed E-state index contributed by atoms with van der Waals surface area (Å²) in [5.74, 6) is 0. The molecule has 1 aromatic rings. The number of hydrogen-bond acceptors (Lipinski definition) is 1. The van der Waals surface area contributed by atoms with E-state index in [1.54, 1.807) is 13.1 Å². The number of hydrogen-bond donors (Lipinski definition) is 1. The van der Waals surface area contributed by atoms with Crippen molar-refractivity contribution in [1.82, 2.24) is 5.32 Å². The molecule has 0 atom stereocenters. The topological polar surface area (TPSA) is 12.0 Å². The van der Waals surface area contributed by atoms with Crippen LogP contribution in [0.15, 0.2) is 24.3 Å². The van der Waals surface area contributed by atoms with E-state index in [-0.39, 0.29) is 10.6 Å². The predicted molar refractivity (Wildman–Crippen MR) is 64.0 cm³/mol. The van der Waals surface area contributed by atoms with Crippen LogP contribution in [0.4, 0.5) is 13.2 Å². The van der Waals surface area contributed by atoms with Crippen LogP contribution in [0.2, 0.25) is 5.02 Å². The number of benzene rings is 1. The molecule has 1 N–H and O–H groups in total. The normalized spacial score (nSPS) is 12.3. The van der Waals surface area contributed by atoms with Gasteiger partial charge in [-0.2, -0.15) is 13.2 Å². The first-order valence-electron chi connectivity index (χ1n) is 5.13. The third-order valence-corrected chi connectivity index (χ3v) is 2.41. The lowest BCUT2D eigenvalue weighted by Gasteiger charge is -2.10. The molecule has 0 unspecified atom stereocenters. The first-order chi connectivity index (χ1) is 7.95. The molecule has 0 saturated heterocycles. The van der Waals surface area contributed by atoms with Gasteiger partial charge in [0.2, 0.25) is 0 Å². The summed E-state index contributed by atoms with van der Waals surface area (Å²) < 4.78 is 38.1. The molecule has 0 aliphatic heterocycles. The quantitative estimate of drug-likeness (QED) is 0.810. The molecular weight excluding hydrogens is 251 g/mol. The lowest BCUT2D eigenvalue weighted by molar-refractivity contribution is -0.137. The third kappa shape index (κ3) is 4.40. The molecule has 0 amide bonds. The Morgan fingerprint density at radius 2 is 2.06 bits per heavy atom. The maximum atomic E-state index is 12.7. The van der Waals surface area contributed by atoms with E-state index in [1.807, 2.05) is 0 Å². The van der Waals surface area contributed by atoms with Crippen LogP contribution in [-0.4, -0.2) is 13.6 Å². The summed E-state index contributed by atoms with van der Waals surface area (Å²) in [6, 6.07) is 3.77. The smallest absolute Gasteiger partial charge is 0.319 e. The maximum absolute atomic E-state index is 12.7. The van der Waals surface area contributed by atoms with Gasteiger partial charge in [0.15, 0.2) is 0 Å². The van der Waals surface area contributed by atoms with E-state index in [4.69, 9.17) is 11.6 Å².